The number of aryl methyl sites for hydroxylation is 1. The summed E-state index contributed by atoms with van der Waals surface area (Å²) in [6.07, 6.45) is 3.74. The molecule has 0 aliphatic rings. The van der Waals surface area contributed by atoms with Gasteiger partial charge in [-0.15, -0.1) is 0 Å². The Kier molecular flexibility index (Phi) is 6.74. The summed E-state index contributed by atoms with van der Waals surface area (Å²) in [5, 5.41) is 0. The minimum Gasteiger partial charge on any atom is -0.490 e. The smallest absolute Gasteiger partial charge is 0.121 e. The van der Waals surface area contributed by atoms with Gasteiger partial charge in [-0.2, -0.15) is 0 Å². The van der Waals surface area contributed by atoms with Crippen LogP contribution in [0.25, 0.3) is 0 Å². The van der Waals surface area contributed by atoms with Crippen LogP contribution in [0.3, 0.4) is 0 Å². The molecule has 0 fully saturated rings. The zero-order valence-corrected chi connectivity index (χ0v) is 15.8. The molecule has 0 radical (unpaired) electrons. The first-order valence-corrected chi connectivity index (χ1v) is 9.19. The maximum absolute atomic E-state index is 6.23. The molecule has 2 heteroatoms. The lowest BCUT2D eigenvalue weighted by molar-refractivity contribution is 0.195. The van der Waals surface area contributed by atoms with Crippen molar-refractivity contribution in [3.8, 4) is 5.75 Å². The standard InChI is InChI=1S/C20H25IO/c1-4-5-9-17-12-19(21)14-20(13-17)22-16(3)15(2)18-10-7-6-8-11-18/h6-8,10-16H,4-5,9H2,1-3H3. The Balaban J connectivity index is 2.07. The van der Waals surface area contributed by atoms with Crippen molar-refractivity contribution in [3.05, 3.63) is 63.2 Å². The molecule has 0 spiro atoms. The maximum Gasteiger partial charge on any atom is 0.121 e. The van der Waals surface area contributed by atoms with Gasteiger partial charge in [0.1, 0.15) is 11.9 Å². The van der Waals surface area contributed by atoms with Crippen molar-refractivity contribution < 1.29 is 4.74 Å². The van der Waals surface area contributed by atoms with Crippen molar-refractivity contribution in [2.45, 2.75) is 52.1 Å². The van der Waals surface area contributed by atoms with E-state index in [1.165, 1.54) is 27.5 Å². The van der Waals surface area contributed by atoms with Crippen molar-refractivity contribution in [3.63, 3.8) is 0 Å². The van der Waals surface area contributed by atoms with Gasteiger partial charge in [-0.05, 0) is 71.7 Å². The van der Waals surface area contributed by atoms with Gasteiger partial charge in [-0.3, -0.25) is 0 Å². The van der Waals surface area contributed by atoms with E-state index in [0.717, 1.165) is 12.2 Å². The Morgan fingerprint density at radius 3 is 2.45 bits per heavy atom. The Labute approximate surface area is 148 Å². The second-order valence-electron chi connectivity index (χ2n) is 5.92. The van der Waals surface area contributed by atoms with Gasteiger partial charge in [0.05, 0.1) is 0 Å². The Morgan fingerprint density at radius 1 is 1.05 bits per heavy atom. The van der Waals surface area contributed by atoms with Gasteiger partial charge in [0, 0.05) is 9.49 Å². The fraction of sp³-hybridized carbons (Fsp3) is 0.400. The maximum atomic E-state index is 6.23. The van der Waals surface area contributed by atoms with Crippen LogP contribution in [0, 0.1) is 3.57 Å². The van der Waals surface area contributed by atoms with Crippen molar-refractivity contribution in [1.82, 2.24) is 0 Å². The van der Waals surface area contributed by atoms with Gasteiger partial charge in [0.15, 0.2) is 0 Å². The summed E-state index contributed by atoms with van der Waals surface area (Å²) < 4.78 is 7.48. The highest BCUT2D eigenvalue weighted by molar-refractivity contribution is 14.1. The Morgan fingerprint density at radius 2 is 1.77 bits per heavy atom. The van der Waals surface area contributed by atoms with Crippen molar-refractivity contribution >= 4 is 22.6 Å². The molecule has 0 aliphatic heterocycles. The summed E-state index contributed by atoms with van der Waals surface area (Å²) in [5.41, 5.74) is 2.70. The monoisotopic (exact) mass is 408 g/mol. The van der Waals surface area contributed by atoms with Gasteiger partial charge < -0.3 is 4.74 Å². The number of hydrogen-bond donors (Lipinski definition) is 0. The first kappa shape index (κ1) is 17.3. The van der Waals surface area contributed by atoms with Crippen LogP contribution in [0.4, 0.5) is 0 Å². The highest BCUT2D eigenvalue weighted by Gasteiger charge is 2.16. The van der Waals surface area contributed by atoms with Gasteiger partial charge in [-0.1, -0.05) is 50.6 Å². The third kappa shape index (κ3) is 5.01. The molecule has 22 heavy (non-hydrogen) atoms. The molecule has 2 rings (SSSR count). The Bertz CT molecular complexity index is 580. The van der Waals surface area contributed by atoms with Gasteiger partial charge in [-0.25, -0.2) is 0 Å². The second kappa shape index (κ2) is 8.56. The highest BCUT2D eigenvalue weighted by Crippen LogP contribution is 2.26. The van der Waals surface area contributed by atoms with E-state index in [2.05, 4.69) is 91.9 Å². The summed E-state index contributed by atoms with van der Waals surface area (Å²) >= 11 is 2.38. The van der Waals surface area contributed by atoms with Crippen LogP contribution in [-0.2, 0) is 6.42 Å². The average Bonchev–Trinajstić information content (AvgIpc) is 2.52. The SMILES string of the molecule is CCCCc1cc(I)cc(OC(C)C(C)c2ccccc2)c1. The number of halogens is 1. The first-order valence-electron chi connectivity index (χ1n) is 8.11. The minimum atomic E-state index is 0.152. The van der Waals surface area contributed by atoms with Crippen molar-refractivity contribution in [2.24, 2.45) is 0 Å². The Hall–Kier alpha value is -1.03. The largest absolute Gasteiger partial charge is 0.490 e. The molecule has 1 nitrogen and oxygen atoms in total. The summed E-state index contributed by atoms with van der Waals surface area (Å²) in [5.74, 6) is 1.37. The normalized spacial score (nSPS) is 13.6. The van der Waals surface area contributed by atoms with Crippen molar-refractivity contribution in [1.29, 1.82) is 0 Å². The lowest BCUT2D eigenvalue weighted by atomic mass is 9.96. The highest BCUT2D eigenvalue weighted by atomic mass is 127. The molecule has 0 bridgehead atoms. The molecule has 0 aromatic heterocycles. The molecule has 2 atom stereocenters. The van der Waals surface area contributed by atoms with Crippen LogP contribution in [0.2, 0.25) is 0 Å². The van der Waals surface area contributed by atoms with Crippen molar-refractivity contribution in [2.75, 3.05) is 0 Å². The number of ether oxygens (including phenoxy) is 1. The molecule has 0 saturated heterocycles. The fourth-order valence-electron chi connectivity index (χ4n) is 2.56. The van der Waals surface area contributed by atoms with Crippen LogP contribution in [0.5, 0.6) is 5.75 Å². The zero-order valence-electron chi connectivity index (χ0n) is 13.7. The molecular formula is C20H25IO. The van der Waals surface area contributed by atoms with Crippen LogP contribution < -0.4 is 4.74 Å². The van der Waals surface area contributed by atoms with E-state index in [1.807, 2.05) is 0 Å². The zero-order chi connectivity index (χ0) is 15.9. The van der Waals surface area contributed by atoms with Crippen LogP contribution in [-0.4, -0.2) is 6.10 Å². The van der Waals surface area contributed by atoms with Gasteiger partial charge in [0.2, 0.25) is 0 Å². The molecule has 118 valence electrons. The molecule has 0 aliphatic carbocycles. The summed E-state index contributed by atoms with van der Waals surface area (Å²) in [7, 11) is 0. The molecule has 0 saturated carbocycles. The lowest BCUT2D eigenvalue weighted by Crippen LogP contribution is -2.19. The van der Waals surface area contributed by atoms with Crippen LogP contribution in [0.1, 0.15) is 50.7 Å². The van der Waals surface area contributed by atoms with Crippen LogP contribution in [0.15, 0.2) is 48.5 Å². The number of hydrogen-bond acceptors (Lipinski definition) is 1. The molecule has 2 aromatic rings. The van der Waals surface area contributed by atoms with Gasteiger partial charge >= 0.3 is 0 Å². The van der Waals surface area contributed by atoms with Gasteiger partial charge in [0.25, 0.3) is 0 Å². The van der Waals surface area contributed by atoms with E-state index in [4.69, 9.17) is 4.74 Å². The molecule has 0 heterocycles. The van der Waals surface area contributed by atoms with E-state index in [9.17, 15) is 0 Å². The molecule has 2 unspecified atom stereocenters. The van der Waals surface area contributed by atoms with Crippen LogP contribution >= 0.6 is 22.6 Å². The third-order valence-electron chi connectivity index (χ3n) is 4.10. The number of rotatable bonds is 7. The first-order chi connectivity index (χ1) is 10.6. The predicted octanol–water partition coefficient (Wildman–Crippen LogP) is 6.20. The number of benzene rings is 2. The molecule has 0 amide bonds. The molecule has 0 N–H and O–H groups in total. The predicted molar refractivity (Wildman–Crippen MR) is 103 cm³/mol. The van der Waals surface area contributed by atoms with E-state index >= 15 is 0 Å². The summed E-state index contributed by atoms with van der Waals surface area (Å²) in [6, 6.07) is 17.2. The summed E-state index contributed by atoms with van der Waals surface area (Å²) in [6.45, 7) is 6.62. The second-order valence-corrected chi connectivity index (χ2v) is 7.17. The molecule has 2 aromatic carbocycles. The van der Waals surface area contributed by atoms with E-state index in [1.54, 1.807) is 0 Å². The number of unbranched alkanes of at least 4 members (excludes halogenated alkanes) is 1. The quantitative estimate of drug-likeness (QED) is 0.496. The molecular weight excluding hydrogens is 383 g/mol. The average molecular weight is 408 g/mol. The third-order valence-corrected chi connectivity index (χ3v) is 4.72. The lowest BCUT2D eigenvalue weighted by Gasteiger charge is -2.22. The minimum absolute atomic E-state index is 0.152. The topological polar surface area (TPSA) is 9.23 Å². The summed E-state index contributed by atoms with van der Waals surface area (Å²) in [4.78, 5) is 0. The van der Waals surface area contributed by atoms with E-state index < -0.39 is 0 Å². The van der Waals surface area contributed by atoms with E-state index in [0.29, 0.717) is 5.92 Å². The fourth-order valence-corrected chi connectivity index (χ4v) is 3.27. The van der Waals surface area contributed by atoms with E-state index in [-0.39, 0.29) is 6.10 Å².